The summed E-state index contributed by atoms with van der Waals surface area (Å²) in [6, 6.07) is 11.1. The van der Waals surface area contributed by atoms with Crippen LogP contribution in [0.4, 0.5) is 0 Å². The summed E-state index contributed by atoms with van der Waals surface area (Å²) in [5.74, 6) is 1.14. The monoisotopic (exact) mass is 398 g/mol. The molecule has 9 nitrogen and oxygen atoms in total. The molecular weight excluding hydrogens is 380 g/mol. The Kier molecular flexibility index (Phi) is 4.44. The standard InChI is InChI=1S/C18H18N6O3S/c1-12-10-23(18(25)13-5-7-14(8-6-13)28(19,26)27)11-16-21-22-17(24(12)16)15-4-2-3-9-20-15/h2-9,12H,10-11H2,1H3,(H2,19,26,27)/t12-/m0/s1. The Morgan fingerprint density at radius 3 is 2.54 bits per heavy atom. The number of rotatable bonds is 3. The van der Waals surface area contributed by atoms with Gasteiger partial charge in [0, 0.05) is 18.3 Å². The van der Waals surface area contributed by atoms with Crippen molar-refractivity contribution >= 4 is 15.9 Å². The van der Waals surface area contributed by atoms with E-state index in [1.54, 1.807) is 11.1 Å². The molecule has 2 N–H and O–H groups in total. The molecule has 0 bridgehead atoms. The fourth-order valence-corrected chi connectivity index (χ4v) is 3.84. The van der Waals surface area contributed by atoms with Crippen molar-refractivity contribution in [3.63, 3.8) is 0 Å². The smallest absolute Gasteiger partial charge is 0.254 e. The number of nitrogens with two attached hydrogens (primary N) is 1. The number of nitrogens with zero attached hydrogens (tertiary/aromatic N) is 5. The first kappa shape index (κ1) is 18.3. The van der Waals surface area contributed by atoms with Crippen molar-refractivity contribution in [1.82, 2.24) is 24.6 Å². The third kappa shape index (κ3) is 3.27. The average Bonchev–Trinajstić information content (AvgIpc) is 3.12. The molecule has 0 spiro atoms. The van der Waals surface area contributed by atoms with Crippen molar-refractivity contribution in [1.29, 1.82) is 0 Å². The van der Waals surface area contributed by atoms with Crippen LogP contribution < -0.4 is 5.14 Å². The maximum atomic E-state index is 12.9. The van der Waals surface area contributed by atoms with Crippen LogP contribution in [0.2, 0.25) is 0 Å². The predicted molar refractivity (Wildman–Crippen MR) is 101 cm³/mol. The van der Waals surface area contributed by atoms with Crippen LogP contribution in [0.5, 0.6) is 0 Å². The second-order valence-electron chi connectivity index (χ2n) is 6.63. The van der Waals surface area contributed by atoms with Crippen molar-refractivity contribution < 1.29 is 13.2 Å². The summed E-state index contributed by atoms with van der Waals surface area (Å²) in [4.78, 5) is 18.8. The van der Waals surface area contributed by atoms with E-state index in [9.17, 15) is 13.2 Å². The summed E-state index contributed by atoms with van der Waals surface area (Å²) in [6.45, 7) is 2.77. The van der Waals surface area contributed by atoms with E-state index < -0.39 is 10.0 Å². The van der Waals surface area contributed by atoms with E-state index in [2.05, 4.69) is 15.2 Å². The Morgan fingerprint density at radius 2 is 1.89 bits per heavy atom. The Bertz CT molecular complexity index is 1130. The fourth-order valence-electron chi connectivity index (χ4n) is 3.32. The van der Waals surface area contributed by atoms with Crippen LogP contribution in [0.15, 0.2) is 53.6 Å². The molecule has 0 saturated carbocycles. The van der Waals surface area contributed by atoms with E-state index in [1.807, 2.05) is 29.7 Å². The topological polar surface area (TPSA) is 124 Å². The molecule has 0 saturated heterocycles. The number of fused-ring (bicyclic) bond motifs is 1. The SMILES string of the molecule is C[C@H]1CN(C(=O)c2ccc(S(N)(=O)=O)cc2)Cc2nnc(-c3ccccn3)n21. The van der Waals surface area contributed by atoms with Gasteiger partial charge >= 0.3 is 0 Å². The van der Waals surface area contributed by atoms with Crippen LogP contribution in [0.1, 0.15) is 29.1 Å². The van der Waals surface area contributed by atoms with Gasteiger partial charge in [-0.2, -0.15) is 0 Å². The molecule has 1 aliphatic heterocycles. The van der Waals surface area contributed by atoms with Crippen molar-refractivity contribution in [3.8, 4) is 11.5 Å². The van der Waals surface area contributed by atoms with Gasteiger partial charge in [0.2, 0.25) is 10.0 Å². The molecule has 0 aliphatic carbocycles. The summed E-state index contributed by atoms with van der Waals surface area (Å²) in [5.41, 5.74) is 1.11. The Morgan fingerprint density at radius 1 is 1.14 bits per heavy atom. The largest absolute Gasteiger partial charge is 0.329 e. The molecule has 0 fully saturated rings. The second kappa shape index (κ2) is 6.80. The fraction of sp³-hybridized carbons (Fsp3) is 0.222. The zero-order valence-corrected chi connectivity index (χ0v) is 15.9. The van der Waals surface area contributed by atoms with Crippen LogP contribution in [-0.4, -0.2) is 45.5 Å². The molecular formula is C18H18N6O3S. The van der Waals surface area contributed by atoms with Gasteiger partial charge in [0.1, 0.15) is 5.69 Å². The number of pyridine rings is 1. The lowest BCUT2D eigenvalue weighted by Gasteiger charge is -2.32. The number of carbonyl (C=O) groups excluding carboxylic acids is 1. The summed E-state index contributed by atoms with van der Waals surface area (Å²) < 4.78 is 24.7. The second-order valence-corrected chi connectivity index (χ2v) is 8.19. The Balaban J connectivity index is 1.60. The predicted octanol–water partition coefficient (Wildman–Crippen LogP) is 1.20. The van der Waals surface area contributed by atoms with Crippen molar-refractivity contribution in [2.45, 2.75) is 24.4 Å². The van der Waals surface area contributed by atoms with Gasteiger partial charge in [-0.1, -0.05) is 6.07 Å². The third-order valence-electron chi connectivity index (χ3n) is 4.64. The molecule has 1 aliphatic rings. The molecule has 144 valence electrons. The van der Waals surface area contributed by atoms with Gasteiger partial charge in [-0.3, -0.25) is 9.78 Å². The number of carbonyl (C=O) groups is 1. The number of aromatic nitrogens is 4. The Hall–Kier alpha value is -3.11. The highest BCUT2D eigenvalue weighted by molar-refractivity contribution is 7.89. The van der Waals surface area contributed by atoms with Gasteiger partial charge in [0.25, 0.3) is 5.91 Å². The van der Waals surface area contributed by atoms with Crippen LogP contribution in [-0.2, 0) is 16.6 Å². The molecule has 10 heteroatoms. The third-order valence-corrected chi connectivity index (χ3v) is 5.56. The molecule has 0 radical (unpaired) electrons. The van der Waals surface area contributed by atoms with Gasteiger partial charge in [-0.15, -0.1) is 10.2 Å². The first-order valence-corrected chi connectivity index (χ1v) is 10.2. The van der Waals surface area contributed by atoms with Gasteiger partial charge in [0.05, 0.1) is 17.5 Å². The molecule has 1 amide bonds. The highest BCUT2D eigenvalue weighted by Gasteiger charge is 2.30. The molecule has 28 heavy (non-hydrogen) atoms. The zero-order valence-electron chi connectivity index (χ0n) is 15.1. The van der Waals surface area contributed by atoms with E-state index in [-0.39, 0.29) is 16.8 Å². The highest BCUT2D eigenvalue weighted by Crippen LogP contribution is 2.27. The summed E-state index contributed by atoms with van der Waals surface area (Å²) in [7, 11) is -3.79. The number of amides is 1. The lowest BCUT2D eigenvalue weighted by atomic mass is 10.1. The van der Waals surface area contributed by atoms with Crippen molar-refractivity contribution in [2.75, 3.05) is 6.54 Å². The molecule has 2 aromatic heterocycles. The first-order chi connectivity index (χ1) is 13.3. The van der Waals surface area contributed by atoms with E-state index >= 15 is 0 Å². The van der Waals surface area contributed by atoms with Crippen LogP contribution in [0.3, 0.4) is 0 Å². The number of sulfonamides is 1. The normalized spacial score (nSPS) is 16.6. The van der Waals surface area contributed by atoms with Crippen molar-refractivity contribution in [2.24, 2.45) is 5.14 Å². The minimum Gasteiger partial charge on any atom is -0.329 e. The number of benzene rings is 1. The number of primary sulfonamides is 1. The lowest BCUT2D eigenvalue weighted by Crippen LogP contribution is -2.40. The minimum absolute atomic E-state index is 0.0317. The molecule has 0 unspecified atom stereocenters. The minimum atomic E-state index is -3.79. The van der Waals surface area contributed by atoms with E-state index in [4.69, 9.17) is 5.14 Å². The van der Waals surface area contributed by atoms with Gasteiger partial charge in [0.15, 0.2) is 11.6 Å². The van der Waals surface area contributed by atoms with Crippen LogP contribution in [0.25, 0.3) is 11.5 Å². The number of hydrogen-bond donors (Lipinski definition) is 1. The maximum Gasteiger partial charge on any atom is 0.254 e. The van der Waals surface area contributed by atoms with Gasteiger partial charge in [-0.25, -0.2) is 13.6 Å². The highest BCUT2D eigenvalue weighted by atomic mass is 32.2. The first-order valence-electron chi connectivity index (χ1n) is 8.62. The summed E-state index contributed by atoms with van der Waals surface area (Å²) >= 11 is 0. The molecule has 3 heterocycles. The summed E-state index contributed by atoms with van der Waals surface area (Å²) in [6.07, 6.45) is 1.70. The lowest BCUT2D eigenvalue weighted by molar-refractivity contribution is 0.0682. The molecule has 3 aromatic rings. The van der Waals surface area contributed by atoms with Gasteiger partial charge < -0.3 is 9.47 Å². The zero-order chi connectivity index (χ0) is 19.9. The van der Waals surface area contributed by atoms with Crippen LogP contribution in [0, 0.1) is 0 Å². The Labute approximate surface area is 161 Å². The van der Waals surface area contributed by atoms with Gasteiger partial charge in [-0.05, 0) is 43.3 Å². The molecule has 4 rings (SSSR count). The maximum absolute atomic E-state index is 12.9. The van der Waals surface area contributed by atoms with E-state index in [0.717, 1.165) is 5.69 Å². The summed E-state index contributed by atoms with van der Waals surface area (Å²) in [5, 5.41) is 13.6. The quantitative estimate of drug-likeness (QED) is 0.707. The van der Waals surface area contributed by atoms with E-state index in [1.165, 1.54) is 24.3 Å². The molecule has 1 atom stereocenters. The average molecular weight is 398 g/mol. The van der Waals surface area contributed by atoms with Crippen LogP contribution >= 0.6 is 0 Å². The van der Waals surface area contributed by atoms with Crippen molar-refractivity contribution in [3.05, 3.63) is 60.0 Å². The molecule has 1 aromatic carbocycles. The number of hydrogen-bond acceptors (Lipinski definition) is 6. The van der Waals surface area contributed by atoms with E-state index in [0.29, 0.717) is 30.3 Å².